The van der Waals surface area contributed by atoms with Crippen LogP contribution >= 0.6 is 0 Å². The van der Waals surface area contributed by atoms with Gasteiger partial charge in [-0.25, -0.2) is 4.79 Å². The first-order valence-corrected chi connectivity index (χ1v) is 5.75. The van der Waals surface area contributed by atoms with Crippen LogP contribution < -0.4 is 0 Å². The fourth-order valence-corrected chi connectivity index (χ4v) is 2.13. The summed E-state index contributed by atoms with van der Waals surface area (Å²) in [6.07, 6.45) is 0. The van der Waals surface area contributed by atoms with E-state index in [1.54, 1.807) is 6.07 Å². The standard InChI is InChI=1S/C15H16O2/c1-10(2)11-6-4-8-13-12(11)7-5-9-14(13)15(16)17-3/h4-10H,1-3H3. The van der Waals surface area contributed by atoms with Crippen LogP contribution in [0.4, 0.5) is 0 Å². The molecule has 0 spiro atoms. The molecule has 0 saturated heterocycles. The summed E-state index contributed by atoms with van der Waals surface area (Å²) in [6.45, 7) is 4.30. The second kappa shape index (κ2) is 4.58. The van der Waals surface area contributed by atoms with Crippen molar-refractivity contribution in [1.82, 2.24) is 0 Å². The van der Waals surface area contributed by atoms with Crippen molar-refractivity contribution in [2.75, 3.05) is 7.11 Å². The fourth-order valence-electron chi connectivity index (χ4n) is 2.13. The molecule has 2 aromatic rings. The number of esters is 1. The Labute approximate surface area is 101 Å². The molecule has 0 saturated carbocycles. The zero-order valence-electron chi connectivity index (χ0n) is 10.4. The van der Waals surface area contributed by atoms with Gasteiger partial charge in [0.15, 0.2) is 0 Å². The Balaban J connectivity index is 2.74. The van der Waals surface area contributed by atoms with Crippen LogP contribution in [0, 0.1) is 0 Å². The maximum atomic E-state index is 11.7. The van der Waals surface area contributed by atoms with E-state index in [0.717, 1.165) is 10.8 Å². The number of methoxy groups -OCH3 is 1. The summed E-state index contributed by atoms with van der Waals surface area (Å²) < 4.78 is 4.81. The van der Waals surface area contributed by atoms with Crippen LogP contribution in [0.5, 0.6) is 0 Å². The van der Waals surface area contributed by atoms with Gasteiger partial charge in [0, 0.05) is 0 Å². The highest BCUT2D eigenvalue weighted by Crippen LogP contribution is 2.27. The maximum absolute atomic E-state index is 11.7. The van der Waals surface area contributed by atoms with E-state index in [4.69, 9.17) is 4.74 Å². The number of ether oxygens (including phenoxy) is 1. The van der Waals surface area contributed by atoms with E-state index in [1.165, 1.54) is 12.7 Å². The van der Waals surface area contributed by atoms with Gasteiger partial charge in [0.2, 0.25) is 0 Å². The predicted molar refractivity (Wildman–Crippen MR) is 69.4 cm³/mol. The van der Waals surface area contributed by atoms with Crippen molar-refractivity contribution in [2.45, 2.75) is 19.8 Å². The number of benzene rings is 2. The Kier molecular flexibility index (Phi) is 3.14. The Bertz CT molecular complexity index is 556. The topological polar surface area (TPSA) is 26.3 Å². The minimum Gasteiger partial charge on any atom is -0.465 e. The van der Waals surface area contributed by atoms with Gasteiger partial charge in [-0.2, -0.15) is 0 Å². The van der Waals surface area contributed by atoms with Gasteiger partial charge in [-0.3, -0.25) is 0 Å². The van der Waals surface area contributed by atoms with Crippen molar-refractivity contribution in [1.29, 1.82) is 0 Å². The molecule has 2 rings (SSSR count). The maximum Gasteiger partial charge on any atom is 0.338 e. The predicted octanol–water partition coefficient (Wildman–Crippen LogP) is 3.75. The molecule has 0 aliphatic heterocycles. The molecule has 0 radical (unpaired) electrons. The van der Waals surface area contributed by atoms with Gasteiger partial charge in [-0.1, -0.05) is 44.2 Å². The number of hydrogen-bond acceptors (Lipinski definition) is 2. The van der Waals surface area contributed by atoms with Crippen LogP contribution in [0.15, 0.2) is 36.4 Å². The van der Waals surface area contributed by atoms with Crippen LogP contribution in [0.2, 0.25) is 0 Å². The summed E-state index contributed by atoms with van der Waals surface area (Å²) in [6, 6.07) is 11.8. The van der Waals surface area contributed by atoms with Crippen LogP contribution in [0.3, 0.4) is 0 Å². The smallest absolute Gasteiger partial charge is 0.338 e. The largest absolute Gasteiger partial charge is 0.465 e. The Morgan fingerprint density at radius 2 is 1.71 bits per heavy atom. The van der Waals surface area contributed by atoms with E-state index < -0.39 is 0 Å². The highest BCUT2D eigenvalue weighted by molar-refractivity contribution is 6.05. The first-order chi connectivity index (χ1) is 8.15. The van der Waals surface area contributed by atoms with E-state index in [1.807, 2.05) is 18.2 Å². The molecular weight excluding hydrogens is 212 g/mol. The summed E-state index contributed by atoms with van der Waals surface area (Å²) in [7, 11) is 1.41. The number of carbonyl (C=O) groups excluding carboxylic acids is 1. The highest BCUT2D eigenvalue weighted by Gasteiger charge is 2.12. The molecule has 2 nitrogen and oxygen atoms in total. The lowest BCUT2D eigenvalue weighted by molar-refractivity contribution is 0.0603. The summed E-state index contributed by atoms with van der Waals surface area (Å²) in [4.78, 5) is 11.7. The molecule has 88 valence electrons. The van der Waals surface area contributed by atoms with Crippen LogP contribution in [-0.4, -0.2) is 13.1 Å². The molecule has 17 heavy (non-hydrogen) atoms. The van der Waals surface area contributed by atoms with E-state index in [2.05, 4.69) is 26.0 Å². The number of hydrogen-bond donors (Lipinski definition) is 0. The van der Waals surface area contributed by atoms with Gasteiger partial charge in [0.05, 0.1) is 12.7 Å². The molecule has 2 heteroatoms. The average Bonchev–Trinajstić information content (AvgIpc) is 2.36. The molecule has 0 aliphatic carbocycles. The lowest BCUT2D eigenvalue weighted by Gasteiger charge is -2.11. The summed E-state index contributed by atoms with van der Waals surface area (Å²) >= 11 is 0. The minimum atomic E-state index is -0.281. The van der Waals surface area contributed by atoms with E-state index in [-0.39, 0.29) is 5.97 Å². The van der Waals surface area contributed by atoms with Crippen molar-refractivity contribution in [3.63, 3.8) is 0 Å². The molecular formula is C15H16O2. The van der Waals surface area contributed by atoms with Crippen molar-refractivity contribution in [3.05, 3.63) is 47.5 Å². The van der Waals surface area contributed by atoms with Crippen molar-refractivity contribution in [3.8, 4) is 0 Å². The SMILES string of the molecule is COC(=O)c1cccc2c(C(C)C)cccc12. The van der Waals surface area contributed by atoms with Crippen LogP contribution in [-0.2, 0) is 4.74 Å². The second-order valence-corrected chi connectivity index (χ2v) is 4.39. The van der Waals surface area contributed by atoms with Gasteiger partial charge in [0.25, 0.3) is 0 Å². The molecule has 0 unspecified atom stereocenters. The molecule has 0 N–H and O–H groups in total. The molecule has 0 aromatic heterocycles. The van der Waals surface area contributed by atoms with Gasteiger partial charge in [-0.15, -0.1) is 0 Å². The third-order valence-corrected chi connectivity index (χ3v) is 2.98. The normalized spacial score (nSPS) is 10.8. The molecule has 0 fully saturated rings. The third-order valence-electron chi connectivity index (χ3n) is 2.98. The molecule has 0 bridgehead atoms. The Morgan fingerprint density at radius 3 is 2.35 bits per heavy atom. The zero-order chi connectivity index (χ0) is 12.4. The van der Waals surface area contributed by atoms with Crippen molar-refractivity contribution < 1.29 is 9.53 Å². The number of rotatable bonds is 2. The Hall–Kier alpha value is -1.83. The van der Waals surface area contributed by atoms with Gasteiger partial charge >= 0.3 is 5.97 Å². The average molecular weight is 228 g/mol. The fraction of sp³-hybridized carbons (Fsp3) is 0.267. The van der Waals surface area contributed by atoms with E-state index in [9.17, 15) is 4.79 Å². The quantitative estimate of drug-likeness (QED) is 0.732. The first kappa shape index (κ1) is 11.6. The highest BCUT2D eigenvalue weighted by atomic mass is 16.5. The molecule has 2 aromatic carbocycles. The van der Waals surface area contributed by atoms with Crippen LogP contribution in [0.25, 0.3) is 10.8 Å². The zero-order valence-corrected chi connectivity index (χ0v) is 10.4. The summed E-state index contributed by atoms with van der Waals surface area (Å²) in [5.41, 5.74) is 1.89. The number of fused-ring (bicyclic) bond motifs is 1. The van der Waals surface area contributed by atoms with Crippen LogP contribution in [0.1, 0.15) is 35.7 Å². The van der Waals surface area contributed by atoms with Gasteiger partial charge < -0.3 is 4.74 Å². The Morgan fingerprint density at radius 1 is 1.06 bits per heavy atom. The van der Waals surface area contributed by atoms with E-state index in [0.29, 0.717) is 11.5 Å². The number of carbonyl (C=O) groups is 1. The van der Waals surface area contributed by atoms with E-state index >= 15 is 0 Å². The lowest BCUT2D eigenvalue weighted by atomic mass is 9.94. The monoisotopic (exact) mass is 228 g/mol. The second-order valence-electron chi connectivity index (χ2n) is 4.39. The molecule has 0 heterocycles. The summed E-state index contributed by atoms with van der Waals surface area (Å²) in [5, 5.41) is 2.09. The molecule has 0 amide bonds. The first-order valence-electron chi connectivity index (χ1n) is 5.75. The minimum absolute atomic E-state index is 0.281. The lowest BCUT2D eigenvalue weighted by Crippen LogP contribution is -2.02. The van der Waals surface area contributed by atoms with Gasteiger partial charge in [0.1, 0.15) is 0 Å². The molecule has 0 aliphatic rings. The van der Waals surface area contributed by atoms with Gasteiger partial charge in [-0.05, 0) is 28.3 Å². The van der Waals surface area contributed by atoms with Crippen molar-refractivity contribution in [2.24, 2.45) is 0 Å². The molecule has 0 atom stereocenters. The van der Waals surface area contributed by atoms with Crippen molar-refractivity contribution >= 4 is 16.7 Å². The summed E-state index contributed by atoms with van der Waals surface area (Å²) in [5.74, 6) is 0.156. The third kappa shape index (κ3) is 2.03.